The molecule has 1 aromatic rings. The van der Waals surface area contributed by atoms with Crippen molar-refractivity contribution in [3.63, 3.8) is 0 Å². The van der Waals surface area contributed by atoms with E-state index in [1.54, 1.807) is 38.4 Å². The van der Waals surface area contributed by atoms with E-state index in [2.05, 4.69) is 10.6 Å². The van der Waals surface area contributed by atoms with E-state index in [9.17, 15) is 14.4 Å². The molecule has 144 valence electrons. The van der Waals surface area contributed by atoms with Crippen LogP contribution in [-0.2, 0) is 9.59 Å². The number of hydrogen-bond donors (Lipinski definition) is 2. The minimum Gasteiger partial charge on any atom is -0.355 e. The molecule has 0 fully saturated rings. The number of carbonyl (C=O) groups is 3. The van der Waals surface area contributed by atoms with E-state index in [1.165, 1.54) is 4.90 Å². The summed E-state index contributed by atoms with van der Waals surface area (Å²) in [4.78, 5) is 39.5. The van der Waals surface area contributed by atoms with Gasteiger partial charge in [0.25, 0.3) is 5.91 Å². The Labute approximate surface area is 155 Å². The summed E-state index contributed by atoms with van der Waals surface area (Å²) >= 11 is 0. The Bertz CT molecular complexity index is 617. The minimum atomic E-state index is -0.212. The molecule has 0 aromatic heterocycles. The smallest absolute Gasteiger partial charge is 0.253 e. The standard InChI is InChI=1S/C19H30N4O3/c1-5-10-20-17(24)13-23(11-6-2)14-18(25)21-16-9-7-8-15(12-16)19(26)22(3)4/h7-9,12H,5-6,10-11,13-14H2,1-4H3,(H,20,24)(H,21,25). The molecule has 0 aliphatic heterocycles. The summed E-state index contributed by atoms with van der Waals surface area (Å²) in [7, 11) is 3.36. The van der Waals surface area contributed by atoms with Gasteiger partial charge in [0.1, 0.15) is 0 Å². The van der Waals surface area contributed by atoms with E-state index in [0.29, 0.717) is 24.3 Å². The molecule has 7 nitrogen and oxygen atoms in total. The zero-order valence-corrected chi connectivity index (χ0v) is 16.2. The van der Waals surface area contributed by atoms with Gasteiger partial charge in [0.05, 0.1) is 13.1 Å². The molecule has 0 aliphatic carbocycles. The first kappa shape index (κ1) is 21.6. The third-order valence-corrected chi connectivity index (χ3v) is 3.65. The average molecular weight is 362 g/mol. The van der Waals surface area contributed by atoms with Crippen molar-refractivity contribution >= 4 is 23.4 Å². The first-order chi connectivity index (χ1) is 12.4. The van der Waals surface area contributed by atoms with E-state index in [4.69, 9.17) is 0 Å². The van der Waals surface area contributed by atoms with Gasteiger partial charge in [-0.2, -0.15) is 0 Å². The molecule has 0 heterocycles. The van der Waals surface area contributed by atoms with Crippen LogP contribution in [0.3, 0.4) is 0 Å². The molecule has 3 amide bonds. The average Bonchev–Trinajstić information content (AvgIpc) is 2.59. The SMILES string of the molecule is CCCNC(=O)CN(CCC)CC(=O)Nc1cccc(C(=O)N(C)C)c1. The van der Waals surface area contributed by atoms with Gasteiger partial charge in [-0.3, -0.25) is 19.3 Å². The predicted molar refractivity (Wildman–Crippen MR) is 103 cm³/mol. The van der Waals surface area contributed by atoms with E-state index in [-0.39, 0.29) is 30.8 Å². The molecule has 1 rings (SSSR count). The second-order valence-corrected chi connectivity index (χ2v) is 6.39. The molecule has 0 saturated carbocycles. The Morgan fingerprint density at radius 1 is 1.00 bits per heavy atom. The van der Waals surface area contributed by atoms with Crippen molar-refractivity contribution in [2.45, 2.75) is 26.7 Å². The molecule has 0 spiro atoms. The number of benzene rings is 1. The lowest BCUT2D eigenvalue weighted by Crippen LogP contribution is -2.41. The van der Waals surface area contributed by atoms with Crippen LogP contribution in [0, 0.1) is 0 Å². The van der Waals surface area contributed by atoms with Crippen LogP contribution in [0.5, 0.6) is 0 Å². The Morgan fingerprint density at radius 3 is 2.31 bits per heavy atom. The monoisotopic (exact) mass is 362 g/mol. The van der Waals surface area contributed by atoms with E-state index < -0.39 is 0 Å². The van der Waals surface area contributed by atoms with Gasteiger partial charge in [0.2, 0.25) is 11.8 Å². The van der Waals surface area contributed by atoms with Gasteiger partial charge in [-0.15, -0.1) is 0 Å². The third kappa shape index (κ3) is 7.65. The zero-order valence-electron chi connectivity index (χ0n) is 16.2. The van der Waals surface area contributed by atoms with Crippen LogP contribution < -0.4 is 10.6 Å². The highest BCUT2D eigenvalue weighted by Crippen LogP contribution is 2.12. The topological polar surface area (TPSA) is 81.8 Å². The first-order valence-corrected chi connectivity index (χ1v) is 8.98. The van der Waals surface area contributed by atoms with Crippen LogP contribution in [0.1, 0.15) is 37.0 Å². The molecule has 0 unspecified atom stereocenters. The number of nitrogens with zero attached hydrogens (tertiary/aromatic N) is 2. The van der Waals surface area contributed by atoms with Gasteiger partial charge >= 0.3 is 0 Å². The fraction of sp³-hybridized carbons (Fsp3) is 0.526. The van der Waals surface area contributed by atoms with Crippen molar-refractivity contribution in [2.75, 3.05) is 45.6 Å². The van der Waals surface area contributed by atoms with Crippen LogP contribution in [-0.4, -0.2) is 67.8 Å². The van der Waals surface area contributed by atoms with Crippen molar-refractivity contribution in [1.82, 2.24) is 15.1 Å². The van der Waals surface area contributed by atoms with Crippen LogP contribution in [0.4, 0.5) is 5.69 Å². The maximum atomic E-state index is 12.3. The van der Waals surface area contributed by atoms with Gasteiger partial charge in [-0.1, -0.05) is 19.9 Å². The summed E-state index contributed by atoms with van der Waals surface area (Å²) in [5.74, 6) is -0.413. The summed E-state index contributed by atoms with van der Waals surface area (Å²) in [6.45, 7) is 5.61. The highest BCUT2D eigenvalue weighted by molar-refractivity contribution is 5.97. The van der Waals surface area contributed by atoms with Crippen molar-refractivity contribution in [3.05, 3.63) is 29.8 Å². The van der Waals surface area contributed by atoms with Gasteiger partial charge in [0, 0.05) is 31.9 Å². The normalized spacial score (nSPS) is 10.5. The lowest BCUT2D eigenvalue weighted by atomic mass is 10.2. The lowest BCUT2D eigenvalue weighted by Gasteiger charge is -2.20. The highest BCUT2D eigenvalue weighted by Gasteiger charge is 2.15. The van der Waals surface area contributed by atoms with Gasteiger partial charge in [0.15, 0.2) is 0 Å². The van der Waals surface area contributed by atoms with Crippen molar-refractivity contribution in [3.8, 4) is 0 Å². The zero-order chi connectivity index (χ0) is 19.5. The Kier molecular flexibility index (Phi) is 9.36. The molecule has 0 radical (unpaired) electrons. The summed E-state index contributed by atoms with van der Waals surface area (Å²) in [5.41, 5.74) is 1.08. The number of amides is 3. The van der Waals surface area contributed by atoms with E-state index in [1.807, 2.05) is 18.7 Å². The minimum absolute atomic E-state index is 0.0772. The predicted octanol–water partition coefficient (Wildman–Crippen LogP) is 1.57. The molecule has 0 bridgehead atoms. The molecule has 0 saturated heterocycles. The maximum absolute atomic E-state index is 12.3. The number of anilines is 1. The van der Waals surface area contributed by atoms with Crippen molar-refractivity contribution < 1.29 is 14.4 Å². The van der Waals surface area contributed by atoms with Crippen LogP contribution in [0.15, 0.2) is 24.3 Å². The molecule has 0 aliphatic rings. The third-order valence-electron chi connectivity index (χ3n) is 3.65. The van der Waals surface area contributed by atoms with Crippen LogP contribution in [0.2, 0.25) is 0 Å². The summed E-state index contributed by atoms with van der Waals surface area (Å²) < 4.78 is 0. The van der Waals surface area contributed by atoms with Crippen LogP contribution >= 0.6 is 0 Å². The summed E-state index contributed by atoms with van der Waals surface area (Å²) in [6, 6.07) is 6.83. The Hall–Kier alpha value is -2.41. The molecular formula is C19H30N4O3. The number of nitrogens with one attached hydrogen (secondary N) is 2. The van der Waals surface area contributed by atoms with Crippen molar-refractivity contribution in [1.29, 1.82) is 0 Å². The summed E-state index contributed by atoms with van der Waals surface area (Å²) in [5, 5.41) is 5.62. The Morgan fingerprint density at radius 2 is 1.69 bits per heavy atom. The molecule has 1 aromatic carbocycles. The fourth-order valence-corrected chi connectivity index (χ4v) is 2.45. The molecular weight excluding hydrogens is 332 g/mol. The van der Waals surface area contributed by atoms with Gasteiger partial charge in [-0.25, -0.2) is 0 Å². The van der Waals surface area contributed by atoms with Crippen molar-refractivity contribution in [2.24, 2.45) is 0 Å². The quantitative estimate of drug-likeness (QED) is 0.662. The highest BCUT2D eigenvalue weighted by atomic mass is 16.2. The number of hydrogen-bond acceptors (Lipinski definition) is 4. The lowest BCUT2D eigenvalue weighted by molar-refractivity contribution is -0.123. The fourth-order valence-electron chi connectivity index (χ4n) is 2.45. The first-order valence-electron chi connectivity index (χ1n) is 8.98. The van der Waals surface area contributed by atoms with Gasteiger partial charge in [-0.05, 0) is 37.6 Å². The number of rotatable bonds is 10. The Balaban J connectivity index is 2.66. The summed E-state index contributed by atoms with van der Waals surface area (Å²) in [6.07, 6.45) is 1.73. The number of carbonyl (C=O) groups excluding carboxylic acids is 3. The molecule has 26 heavy (non-hydrogen) atoms. The second kappa shape index (κ2) is 11.3. The van der Waals surface area contributed by atoms with E-state index >= 15 is 0 Å². The van der Waals surface area contributed by atoms with E-state index in [0.717, 1.165) is 12.8 Å². The molecule has 7 heteroatoms. The molecule has 2 N–H and O–H groups in total. The van der Waals surface area contributed by atoms with Crippen LogP contribution in [0.25, 0.3) is 0 Å². The largest absolute Gasteiger partial charge is 0.355 e. The molecule has 0 atom stereocenters. The maximum Gasteiger partial charge on any atom is 0.253 e. The second-order valence-electron chi connectivity index (χ2n) is 6.39. The van der Waals surface area contributed by atoms with Gasteiger partial charge < -0.3 is 15.5 Å².